The minimum Gasteiger partial charge on any atom is -0.488 e. The first kappa shape index (κ1) is 13.3. The molecule has 1 aliphatic rings. The number of piperidine rings is 1. The number of methoxy groups -OCH3 is 1. The number of nitrogens with one attached hydrogen (secondary N) is 1. The van der Waals surface area contributed by atoms with E-state index in [-0.39, 0.29) is 0 Å². The highest BCUT2D eigenvalue weighted by molar-refractivity contribution is 5.49. The molecule has 0 aromatic carbocycles. The predicted octanol–water partition coefficient (Wildman–Crippen LogP) is 1.22. The fourth-order valence-electron chi connectivity index (χ4n) is 2.61. The molecule has 3 rings (SSSR count). The van der Waals surface area contributed by atoms with Gasteiger partial charge >= 0.3 is 0 Å². The van der Waals surface area contributed by atoms with Crippen molar-refractivity contribution in [1.82, 2.24) is 19.9 Å². The molecule has 6 nitrogen and oxygen atoms in total. The number of nitrogens with zero attached hydrogens (tertiary/aromatic N) is 3. The number of hydrogen-bond acceptors (Lipinski definition) is 5. The van der Waals surface area contributed by atoms with Crippen LogP contribution in [-0.4, -0.2) is 48.0 Å². The van der Waals surface area contributed by atoms with E-state index in [1.165, 1.54) is 5.56 Å². The minimum atomic E-state index is 0.520. The quantitative estimate of drug-likeness (QED) is 0.832. The van der Waals surface area contributed by atoms with Crippen LogP contribution < -0.4 is 10.1 Å². The maximum absolute atomic E-state index is 5.55. The normalized spacial score (nSPS) is 16.6. The van der Waals surface area contributed by atoms with E-state index in [1.54, 1.807) is 17.8 Å². The molecule has 0 spiro atoms. The van der Waals surface area contributed by atoms with Crippen molar-refractivity contribution in [3.8, 4) is 5.75 Å². The summed E-state index contributed by atoms with van der Waals surface area (Å²) in [7, 11) is 1.66. The van der Waals surface area contributed by atoms with E-state index < -0.39 is 0 Å². The van der Waals surface area contributed by atoms with E-state index in [9.17, 15) is 0 Å². The van der Waals surface area contributed by atoms with Gasteiger partial charge in [-0.1, -0.05) is 0 Å². The van der Waals surface area contributed by atoms with Crippen molar-refractivity contribution >= 4 is 5.65 Å². The molecular weight excluding hydrogens is 256 g/mol. The molecular formula is C14H20N4O2. The van der Waals surface area contributed by atoms with Gasteiger partial charge in [-0.2, -0.15) is 5.10 Å². The summed E-state index contributed by atoms with van der Waals surface area (Å²) in [6.45, 7) is 3.23. The lowest BCUT2D eigenvalue weighted by Crippen LogP contribution is -2.26. The molecule has 1 N–H and O–H groups in total. The van der Waals surface area contributed by atoms with Crippen molar-refractivity contribution in [1.29, 1.82) is 0 Å². The Hall–Kier alpha value is -1.66. The van der Waals surface area contributed by atoms with Gasteiger partial charge in [0.1, 0.15) is 6.61 Å². The molecule has 1 saturated heterocycles. The first-order chi connectivity index (χ1) is 9.88. The Morgan fingerprint density at radius 2 is 2.15 bits per heavy atom. The van der Waals surface area contributed by atoms with Crippen LogP contribution in [0.4, 0.5) is 0 Å². The Morgan fingerprint density at radius 1 is 1.30 bits per heavy atom. The van der Waals surface area contributed by atoms with Crippen LogP contribution in [0.15, 0.2) is 18.6 Å². The van der Waals surface area contributed by atoms with Gasteiger partial charge in [-0.3, -0.25) is 0 Å². The second kappa shape index (κ2) is 6.19. The lowest BCUT2D eigenvalue weighted by atomic mass is 9.92. The smallest absolute Gasteiger partial charge is 0.158 e. The Bertz CT molecular complexity index is 563. The van der Waals surface area contributed by atoms with Crippen molar-refractivity contribution in [3.05, 3.63) is 24.2 Å². The van der Waals surface area contributed by atoms with Crippen LogP contribution in [0.25, 0.3) is 5.65 Å². The molecule has 0 aliphatic carbocycles. The molecule has 1 fully saturated rings. The third kappa shape index (κ3) is 2.76. The Kier molecular flexibility index (Phi) is 4.13. The Labute approximate surface area is 118 Å². The summed E-state index contributed by atoms with van der Waals surface area (Å²) in [6.07, 6.45) is 7.88. The van der Waals surface area contributed by atoms with Crippen LogP contribution in [0.3, 0.4) is 0 Å². The van der Waals surface area contributed by atoms with Gasteiger partial charge in [0.25, 0.3) is 0 Å². The number of rotatable bonds is 5. The number of ether oxygens (including phenoxy) is 2. The van der Waals surface area contributed by atoms with Gasteiger partial charge in [-0.05, 0) is 31.8 Å². The van der Waals surface area contributed by atoms with E-state index >= 15 is 0 Å². The third-order valence-corrected chi connectivity index (χ3v) is 3.70. The molecule has 3 heterocycles. The van der Waals surface area contributed by atoms with Crippen molar-refractivity contribution in [3.63, 3.8) is 0 Å². The van der Waals surface area contributed by atoms with E-state index in [2.05, 4.69) is 15.4 Å². The molecule has 0 amide bonds. The van der Waals surface area contributed by atoms with Gasteiger partial charge < -0.3 is 14.8 Å². The van der Waals surface area contributed by atoms with Gasteiger partial charge in [0.15, 0.2) is 11.4 Å². The number of hydrogen-bond donors (Lipinski definition) is 1. The lowest BCUT2D eigenvalue weighted by molar-refractivity contribution is 0.146. The fraction of sp³-hybridized carbons (Fsp3) is 0.571. The summed E-state index contributed by atoms with van der Waals surface area (Å²) in [5, 5.41) is 7.79. The Morgan fingerprint density at radius 3 is 2.95 bits per heavy atom. The van der Waals surface area contributed by atoms with Crippen LogP contribution in [0.1, 0.15) is 24.3 Å². The molecule has 0 unspecified atom stereocenters. The molecule has 1 aliphatic heterocycles. The lowest BCUT2D eigenvalue weighted by Gasteiger charge is -2.21. The minimum absolute atomic E-state index is 0.520. The van der Waals surface area contributed by atoms with Gasteiger partial charge in [-0.25, -0.2) is 9.50 Å². The molecule has 108 valence electrons. The van der Waals surface area contributed by atoms with Gasteiger partial charge in [0, 0.05) is 12.7 Å². The summed E-state index contributed by atoms with van der Waals surface area (Å²) < 4.78 is 12.3. The van der Waals surface area contributed by atoms with Crippen LogP contribution in [-0.2, 0) is 4.74 Å². The van der Waals surface area contributed by atoms with Crippen molar-refractivity contribution < 1.29 is 9.47 Å². The van der Waals surface area contributed by atoms with E-state index in [0.29, 0.717) is 19.1 Å². The molecule has 2 aromatic rings. The van der Waals surface area contributed by atoms with Crippen molar-refractivity contribution in [2.75, 3.05) is 33.4 Å². The molecule has 0 radical (unpaired) electrons. The zero-order chi connectivity index (χ0) is 13.8. The van der Waals surface area contributed by atoms with Crippen LogP contribution >= 0.6 is 0 Å². The number of aromatic nitrogens is 3. The zero-order valence-corrected chi connectivity index (χ0v) is 11.7. The molecule has 6 heteroatoms. The van der Waals surface area contributed by atoms with Gasteiger partial charge in [0.05, 0.1) is 25.2 Å². The SMILES string of the molecule is COCCOc1cnc2c(C3CCNCC3)cnn2c1. The van der Waals surface area contributed by atoms with Gasteiger partial charge in [0.2, 0.25) is 0 Å². The van der Waals surface area contributed by atoms with Crippen molar-refractivity contribution in [2.45, 2.75) is 18.8 Å². The average molecular weight is 276 g/mol. The topological polar surface area (TPSA) is 60.7 Å². The maximum atomic E-state index is 5.55. The molecule has 0 saturated carbocycles. The monoisotopic (exact) mass is 276 g/mol. The zero-order valence-electron chi connectivity index (χ0n) is 11.7. The third-order valence-electron chi connectivity index (χ3n) is 3.70. The highest BCUT2D eigenvalue weighted by atomic mass is 16.5. The molecule has 2 aromatic heterocycles. The van der Waals surface area contributed by atoms with Crippen LogP contribution in [0, 0.1) is 0 Å². The first-order valence-electron chi connectivity index (χ1n) is 7.04. The van der Waals surface area contributed by atoms with E-state index in [4.69, 9.17) is 9.47 Å². The predicted molar refractivity (Wildman–Crippen MR) is 75.2 cm³/mol. The summed E-state index contributed by atoms with van der Waals surface area (Å²) in [6, 6.07) is 0. The maximum Gasteiger partial charge on any atom is 0.158 e. The second-order valence-corrected chi connectivity index (χ2v) is 5.02. The molecule has 20 heavy (non-hydrogen) atoms. The molecule has 0 bridgehead atoms. The fourth-order valence-corrected chi connectivity index (χ4v) is 2.61. The second-order valence-electron chi connectivity index (χ2n) is 5.02. The summed E-state index contributed by atoms with van der Waals surface area (Å²) in [4.78, 5) is 4.51. The van der Waals surface area contributed by atoms with E-state index in [0.717, 1.165) is 37.3 Å². The average Bonchev–Trinajstić information content (AvgIpc) is 2.91. The Balaban J connectivity index is 1.78. The van der Waals surface area contributed by atoms with Gasteiger partial charge in [-0.15, -0.1) is 0 Å². The number of fused-ring (bicyclic) bond motifs is 1. The first-order valence-corrected chi connectivity index (χ1v) is 7.04. The van der Waals surface area contributed by atoms with Crippen molar-refractivity contribution in [2.24, 2.45) is 0 Å². The highest BCUT2D eigenvalue weighted by Crippen LogP contribution is 2.28. The largest absolute Gasteiger partial charge is 0.488 e. The summed E-state index contributed by atoms with van der Waals surface area (Å²) in [5.74, 6) is 1.27. The molecule has 0 atom stereocenters. The summed E-state index contributed by atoms with van der Waals surface area (Å²) in [5.41, 5.74) is 2.19. The standard InChI is InChI=1S/C14H20N4O2/c1-19-6-7-20-12-8-16-14-13(9-17-18(14)10-12)11-2-4-15-5-3-11/h8-11,15H,2-7H2,1H3. The van der Waals surface area contributed by atoms with Crippen LogP contribution in [0.5, 0.6) is 5.75 Å². The van der Waals surface area contributed by atoms with E-state index in [1.807, 2.05) is 12.4 Å². The summed E-state index contributed by atoms with van der Waals surface area (Å²) >= 11 is 0. The highest BCUT2D eigenvalue weighted by Gasteiger charge is 2.19. The van der Waals surface area contributed by atoms with Crippen LogP contribution in [0.2, 0.25) is 0 Å².